The number of nitrogens with one attached hydrogen (secondary N) is 2. The van der Waals surface area contributed by atoms with Crippen LogP contribution >= 0.6 is 0 Å². The Balaban J connectivity index is 1.76. The van der Waals surface area contributed by atoms with E-state index < -0.39 is 29.7 Å². The highest BCUT2D eigenvalue weighted by Gasteiger charge is 2.09. The summed E-state index contributed by atoms with van der Waals surface area (Å²) >= 11 is 0. The van der Waals surface area contributed by atoms with Crippen molar-refractivity contribution in [2.45, 2.75) is 19.9 Å². The Morgan fingerprint density at radius 1 is 1.17 bits per heavy atom. The third kappa shape index (κ3) is 5.24. The van der Waals surface area contributed by atoms with E-state index in [1.165, 1.54) is 16.8 Å². The molecule has 0 unspecified atom stereocenters. The molecule has 8 heteroatoms. The van der Waals surface area contributed by atoms with E-state index in [4.69, 9.17) is 4.74 Å². The fraction of sp³-hybridized carbons (Fsp3) is 0.250. The molecule has 0 radical (unpaired) electrons. The van der Waals surface area contributed by atoms with Crippen LogP contribution in [0.1, 0.15) is 12.0 Å². The van der Waals surface area contributed by atoms with Crippen LogP contribution in [0.15, 0.2) is 46.1 Å². The number of rotatable bonds is 6. The van der Waals surface area contributed by atoms with Gasteiger partial charge in [0.05, 0.1) is 6.42 Å². The number of amides is 1. The Hall–Kier alpha value is -3.16. The first-order valence-corrected chi connectivity index (χ1v) is 7.26. The highest BCUT2D eigenvalue weighted by Crippen LogP contribution is 2.08. The predicted octanol–water partition coefficient (Wildman–Crippen LogP) is 0.417. The van der Waals surface area contributed by atoms with Gasteiger partial charge < -0.3 is 14.6 Å². The van der Waals surface area contributed by atoms with Crippen molar-refractivity contribution in [3.05, 3.63) is 62.9 Å². The molecule has 0 aliphatic heterocycles. The third-order valence-electron chi connectivity index (χ3n) is 3.15. The number of ether oxygens (including phenoxy) is 1. The number of aryl methyl sites for hydroxylation is 2. The zero-order valence-corrected chi connectivity index (χ0v) is 13.1. The second-order valence-electron chi connectivity index (χ2n) is 5.13. The van der Waals surface area contributed by atoms with E-state index in [0.717, 1.165) is 5.56 Å². The fourth-order valence-corrected chi connectivity index (χ4v) is 1.88. The first kappa shape index (κ1) is 17.2. The first-order valence-electron chi connectivity index (χ1n) is 7.26. The highest BCUT2D eigenvalue weighted by atomic mass is 16.5. The van der Waals surface area contributed by atoms with E-state index in [2.05, 4.69) is 10.3 Å². The minimum absolute atomic E-state index is 0.0496. The molecule has 1 aromatic carbocycles. The molecule has 1 aromatic heterocycles. The molecule has 2 aromatic rings. The Bertz CT molecular complexity index is 836. The Kier molecular flexibility index (Phi) is 5.67. The van der Waals surface area contributed by atoms with Crippen molar-refractivity contribution in [2.75, 3.05) is 11.9 Å². The lowest BCUT2D eigenvalue weighted by molar-refractivity contribution is -0.147. The summed E-state index contributed by atoms with van der Waals surface area (Å²) in [5, 5.41) is 2.60. The average Bonchev–Trinajstić information content (AvgIpc) is 2.54. The Morgan fingerprint density at radius 3 is 2.54 bits per heavy atom. The van der Waals surface area contributed by atoms with Gasteiger partial charge in [0.25, 0.3) is 11.5 Å². The molecule has 0 aliphatic carbocycles. The molecule has 0 saturated carbocycles. The van der Waals surface area contributed by atoms with E-state index in [1.807, 2.05) is 19.1 Å². The lowest BCUT2D eigenvalue weighted by Gasteiger charge is -2.07. The van der Waals surface area contributed by atoms with Crippen molar-refractivity contribution in [1.29, 1.82) is 0 Å². The van der Waals surface area contributed by atoms with Gasteiger partial charge in [0.1, 0.15) is 0 Å². The van der Waals surface area contributed by atoms with Gasteiger partial charge in [0.15, 0.2) is 6.61 Å². The van der Waals surface area contributed by atoms with Crippen LogP contribution in [0.5, 0.6) is 0 Å². The van der Waals surface area contributed by atoms with Crippen molar-refractivity contribution in [3.8, 4) is 0 Å². The number of H-pyrrole nitrogens is 1. The highest BCUT2D eigenvalue weighted by molar-refractivity contribution is 5.92. The number of carbonyl (C=O) groups excluding carboxylic acids is 2. The smallest absolute Gasteiger partial charge is 0.328 e. The number of aromatic nitrogens is 2. The van der Waals surface area contributed by atoms with Gasteiger partial charge >= 0.3 is 11.7 Å². The number of nitrogens with zero attached hydrogens (tertiary/aromatic N) is 1. The SMILES string of the molecule is Cc1ccc(NC(=O)COC(=O)CCn2ccc(=O)[nH]c2=O)cc1. The van der Waals surface area contributed by atoms with Crippen molar-refractivity contribution < 1.29 is 14.3 Å². The predicted molar refractivity (Wildman–Crippen MR) is 86.7 cm³/mol. The second-order valence-corrected chi connectivity index (χ2v) is 5.13. The first-order chi connectivity index (χ1) is 11.4. The van der Waals surface area contributed by atoms with Gasteiger partial charge in [0.2, 0.25) is 0 Å². The molecule has 0 atom stereocenters. The number of esters is 1. The lowest BCUT2D eigenvalue weighted by Crippen LogP contribution is -2.29. The van der Waals surface area contributed by atoms with Crippen LogP contribution < -0.4 is 16.6 Å². The molecule has 2 N–H and O–H groups in total. The molecule has 126 valence electrons. The van der Waals surface area contributed by atoms with E-state index in [1.54, 1.807) is 12.1 Å². The second kappa shape index (κ2) is 7.91. The van der Waals surface area contributed by atoms with Crippen molar-refractivity contribution in [1.82, 2.24) is 9.55 Å². The normalized spacial score (nSPS) is 10.2. The van der Waals surface area contributed by atoms with Crippen molar-refractivity contribution >= 4 is 17.6 Å². The maximum atomic E-state index is 11.7. The maximum Gasteiger partial charge on any atom is 0.328 e. The van der Waals surface area contributed by atoms with Gasteiger partial charge in [-0.05, 0) is 19.1 Å². The average molecular weight is 331 g/mol. The third-order valence-corrected chi connectivity index (χ3v) is 3.15. The molecule has 1 amide bonds. The van der Waals surface area contributed by atoms with Gasteiger partial charge in [-0.15, -0.1) is 0 Å². The molecule has 2 rings (SSSR count). The molecule has 24 heavy (non-hydrogen) atoms. The summed E-state index contributed by atoms with van der Waals surface area (Å²) < 4.78 is 6.02. The summed E-state index contributed by atoms with van der Waals surface area (Å²) in [4.78, 5) is 47.7. The molecular formula is C16H17N3O5. The molecule has 0 fully saturated rings. The van der Waals surface area contributed by atoms with E-state index >= 15 is 0 Å². The summed E-state index contributed by atoms with van der Waals surface area (Å²) in [6.07, 6.45) is 1.20. The number of aromatic amines is 1. The van der Waals surface area contributed by atoms with Gasteiger partial charge in [-0.25, -0.2) is 4.79 Å². The summed E-state index contributed by atoms with van der Waals surface area (Å²) in [7, 11) is 0. The zero-order chi connectivity index (χ0) is 17.5. The molecule has 0 spiro atoms. The minimum atomic E-state index is -0.618. The molecule has 0 saturated heterocycles. The van der Waals surface area contributed by atoms with E-state index in [0.29, 0.717) is 5.69 Å². The van der Waals surface area contributed by atoms with Crippen LogP contribution in [-0.2, 0) is 20.9 Å². The van der Waals surface area contributed by atoms with Crippen LogP contribution in [0.25, 0.3) is 0 Å². The molecule has 1 heterocycles. The summed E-state index contributed by atoms with van der Waals surface area (Å²) in [6.45, 7) is 1.57. The Morgan fingerprint density at radius 2 is 1.88 bits per heavy atom. The van der Waals surface area contributed by atoms with Crippen LogP contribution in [-0.4, -0.2) is 28.0 Å². The zero-order valence-electron chi connectivity index (χ0n) is 13.1. The van der Waals surface area contributed by atoms with E-state index in [9.17, 15) is 19.2 Å². The van der Waals surface area contributed by atoms with Gasteiger partial charge in [-0.3, -0.25) is 19.4 Å². The van der Waals surface area contributed by atoms with Gasteiger partial charge in [0, 0.05) is 24.5 Å². The van der Waals surface area contributed by atoms with Gasteiger partial charge in [-0.1, -0.05) is 17.7 Å². The summed E-state index contributed by atoms with van der Waals surface area (Å²) in [6, 6.07) is 8.38. The molecule has 0 bridgehead atoms. The number of hydrogen-bond acceptors (Lipinski definition) is 5. The maximum absolute atomic E-state index is 11.7. The molecule has 0 aliphatic rings. The number of benzene rings is 1. The Labute approximate surface area is 137 Å². The van der Waals surface area contributed by atoms with Crippen LogP contribution in [0.2, 0.25) is 0 Å². The van der Waals surface area contributed by atoms with Crippen molar-refractivity contribution in [2.24, 2.45) is 0 Å². The molecule has 8 nitrogen and oxygen atoms in total. The van der Waals surface area contributed by atoms with Crippen LogP contribution in [0, 0.1) is 6.92 Å². The fourth-order valence-electron chi connectivity index (χ4n) is 1.88. The largest absolute Gasteiger partial charge is 0.456 e. The van der Waals surface area contributed by atoms with Gasteiger partial charge in [-0.2, -0.15) is 0 Å². The van der Waals surface area contributed by atoms with E-state index in [-0.39, 0.29) is 13.0 Å². The van der Waals surface area contributed by atoms with Crippen molar-refractivity contribution in [3.63, 3.8) is 0 Å². The number of anilines is 1. The van der Waals surface area contributed by atoms with Crippen LogP contribution in [0.4, 0.5) is 5.69 Å². The summed E-state index contributed by atoms with van der Waals surface area (Å²) in [5.41, 5.74) is 0.567. The summed E-state index contributed by atoms with van der Waals surface area (Å²) in [5.74, 6) is -1.07. The molecular weight excluding hydrogens is 314 g/mol. The number of carbonyl (C=O) groups is 2. The minimum Gasteiger partial charge on any atom is -0.456 e. The quantitative estimate of drug-likeness (QED) is 0.745. The number of hydrogen-bond donors (Lipinski definition) is 2. The van der Waals surface area contributed by atoms with Crippen LogP contribution in [0.3, 0.4) is 0 Å². The monoisotopic (exact) mass is 331 g/mol. The lowest BCUT2D eigenvalue weighted by atomic mass is 10.2. The standard InChI is InChI=1S/C16H17N3O5/c1-11-2-4-12(5-3-11)17-14(21)10-24-15(22)7-9-19-8-6-13(20)18-16(19)23/h2-6,8H,7,9-10H2,1H3,(H,17,21)(H,18,20,23). The topological polar surface area (TPSA) is 110 Å².